The van der Waals surface area contributed by atoms with Gasteiger partial charge in [0.05, 0.1) is 19.3 Å². The minimum absolute atomic E-state index is 0.185. The van der Waals surface area contributed by atoms with E-state index in [9.17, 15) is 9.59 Å². The van der Waals surface area contributed by atoms with Crippen LogP contribution in [0.5, 0.6) is 5.75 Å². The predicted molar refractivity (Wildman–Crippen MR) is 97.1 cm³/mol. The summed E-state index contributed by atoms with van der Waals surface area (Å²) in [6.07, 6.45) is -0.635. The number of rotatable bonds is 2. The molecule has 2 amide bonds. The number of fused-ring (bicyclic) bond motifs is 1. The van der Waals surface area contributed by atoms with E-state index in [1.54, 1.807) is 33.9 Å². The molecule has 0 saturated carbocycles. The minimum Gasteiger partial charge on any atom is -0.497 e. The first-order chi connectivity index (χ1) is 12.2. The maximum Gasteiger partial charge on any atom is 0.417 e. The Labute approximate surface area is 152 Å². The number of hydrogen-bond donors (Lipinski definition) is 0. The zero-order valence-electron chi connectivity index (χ0n) is 15.6. The molecule has 1 aliphatic rings. The molecule has 0 atom stereocenters. The van der Waals surface area contributed by atoms with Crippen LogP contribution < -0.4 is 4.74 Å². The van der Waals surface area contributed by atoms with Gasteiger partial charge < -0.3 is 9.47 Å². The molecule has 0 bridgehead atoms. The normalized spacial score (nSPS) is 13.6. The van der Waals surface area contributed by atoms with E-state index in [2.05, 4.69) is 4.98 Å². The number of hydrogen-bond acceptors (Lipinski definition) is 5. The van der Waals surface area contributed by atoms with Crippen molar-refractivity contribution < 1.29 is 19.1 Å². The molecule has 6 nitrogen and oxygen atoms in total. The predicted octanol–water partition coefficient (Wildman–Crippen LogP) is 3.96. The molecule has 0 radical (unpaired) electrons. The molecule has 0 fully saturated rings. The lowest BCUT2D eigenvalue weighted by atomic mass is 10.0. The molecule has 0 unspecified atom stereocenters. The van der Waals surface area contributed by atoms with E-state index in [1.165, 1.54) is 0 Å². The van der Waals surface area contributed by atoms with Crippen LogP contribution in [-0.2, 0) is 11.3 Å². The Morgan fingerprint density at radius 2 is 1.85 bits per heavy atom. The monoisotopic (exact) mass is 354 g/mol. The summed E-state index contributed by atoms with van der Waals surface area (Å²) in [7, 11) is 1.61. The topological polar surface area (TPSA) is 68.7 Å². The first-order valence-corrected chi connectivity index (χ1v) is 8.39. The molecule has 0 saturated heterocycles. The number of carbonyl (C=O) groups excluding carboxylic acids is 2. The summed E-state index contributed by atoms with van der Waals surface area (Å²) in [5, 5.41) is 0. The van der Waals surface area contributed by atoms with Crippen LogP contribution >= 0.6 is 0 Å². The highest BCUT2D eigenvalue weighted by Gasteiger charge is 2.36. The maximum atomic E-state index is 12.7. The highest BCUT2D eigenvalue weighted by atomic mass is 16.6. The van der Waals surface area contributed by atoms with Crippen LogP contribution in [0.3, 0.4) is 0 Å². The molecule has 3 rings (SSSR count). The molecule has 0 N–H and O–H groups in total. The van der Waals surface area contributed by atoms with Gasteiger partial charge in [-0.1, -0.05) is 0 Å². The van der Waals surface area contributed by atoms with E-state index < -0.39 is 11.7 Å². The van der Waals surface area contributed by atoms with Crippen molar-refractivity contribution in [2.45, 2.75) is 39.8 Å². The van der Waals surface area contributed by atoms with Gasteiger partial charge in [0.15, 0.2) is 0 Å². The van der Waals surface area contributed by atoms with Crippen molar-refractivity contribution in [1.82, 2.24) is 9.88 Å². The zero-order valence-corrected chi connectivity index (χ0v) is 15.6. The summed E-state index contributed by atoms with van der Waals surface area (Å²) in [5.41, 5.74) is 2.89. The molecular formula is C20H22N2O4. The summed E-state index contributed by atoms with van der Waals surface area (Å²) in [6, 6.07) is 9.19. The van der Waals surface area contributed by atoms with Crippen LogP contribution in [0.25, 0.3) is 11.3 Å². The third kappa shape index (κ3) is 3.40. The van der Waals surface area contributed by atoms with Gasteiger partial charge in [-0.2, -0.15) is 0 Å². The van der Waals surface area contributed by atoms with Crippen LogP contribution in [0.15, 0.2) is 30.3 Å². The van der Waals surface area contributed by atoms with Crippen molar-refractivity contribution in [3.63, 3.8) is 0 Å². The first-order valence-electron chi connectivity index (χ1n) is 8.39. The van der Waals surface area contributed by atoms with E-state index in [0.717, 1.165) is 27.5 Å². The molecule has 1 aromatic carbocycles. The number of aromatic nitrogens is 1. The number of imide groups is 1. The second kappa shape index (κ2) is 6.44. The first kappa shape index (κ1) is 17.9. The number of aryl methyl sites for hydroxylation is 1. The number of nitrogens with zero attached hydrogens (tertiary/aromatic N) is 2. The number of methoxy groups -OCH3 is 1. The van der Waals surface area contributed by atoms with Crippen molar-refractivity contribution in [3.05, 3.63) is 47.2 Å². The number of amides is 2. The average molecular weight is 354 g/mol. The van der Waals surface area contributed by atoms with Gasteiger partial charge in [0.25, 0.3) is 5.91 Å². The molecule has 136 valence electrons. The Kier molecular flexibility index (Phi) is 4.44. The summed E-state index contributed by atoms with van der Waals surface area (Å²) < 4.78 is 10.5. The Morgan fingerprint density at radius 3 is 2.42 bits per heavy atom. The zero-order chi connectivity index (χ0) is 19.1. The van der Waals surface area contributed by atoms with Crippen molar-refractivity contribution in [3.8, 4) is 17.0 Å². The van der Waals surface area contributed by atoms with Gasteiger partial charge in [-0.15, -0.1) is 0 Å². The maximum absolute atomic E-state index is 12.7. The van der Waals surface area contributed by atoms with E-state index in [-0.39, 0.29) is 12.5 Å². The molecule has 0 spiro atoms. The standard InChI is InChI=1S/C20H22N2O4/c1-12-16-11-22(19(24)26-20(2,3)4)18(23)15(16)10-17(21-12)13-6-8-14(25-5)9-7-13/h6-10H,11H2,1-5H3. The summed E-state index contributed by atoms with van der Waals surface area (Å²) in [6.45, 7) is 7.34. The quantitative estimate of drug-likeness (QED) is 0.816. The fourth-order valence-corrected chi connectivity index (χ4v) is 2.84. The van der Waals surface area contributed by atoms with E-state index in [1.807, 2.05) is 31.2 Å². The second-order valence-electron chi connectivity index (χ2n) is 7.22. The number of carbonyl (C=O) groups is 2. The lowest BCUT2D eigenvalue weighted by Crippen LogP contribution is -2.36. The molecule has 6 heteroatoms. The van der Waals surface area contributed by atoms with Gasteiger partial charge in [0.1, 0.15) is 11.4 Å². The Hall–Kier alpha value is -2.89. The van der Waals surface area contributed by atoms with E-state index in [0.29, 0.717) is 11.3 Å². The Balaban J connectivity index is 1.93. The van der Waals surface area contributed by atoms with Crippen LogP contribution in [0, 0.1) is 6.92 Å². The number of pyridine rings is 1. The van der Waals surface area contributed by atoms with Crippen molar-refractivity contribution in [2.75, 3.05) is 7.11 Å². The molecule has 1 aromatic heterocycles. The van der Waals surface area contributed by atoms with E-state index >= 15 is 0 Å². The second-order valence-corrected chi connectivity index (χ2v) is 7.22. The SMILES string of the molecule is COc1ccc(-c2cc3c(c(C)n2)CN(C(=O)OC(C)(C)C)C3=O)cc1. The van der Waals surface area contributed by atoms with Crippen LogP contribution in [0.2, 0.25) is 0 Å². The largest absolute Gasteiger partial charge is 0.497 e. The minimum atomic E-state index is -0.659. The number of ether oxygens (including phenoxy) is 2. The fraction of sp³-hybridized carbons (Fsp3) is 0.350. The molecular weight excluding hydrogens is 332 g/mol. The van der Waals surface area contributed by atoms with Gasteiger partial charge in [0.2, 0.25) is 0 Å². The van der Waals surface area contributed by atoms with Crippen LogP contribution in [0.1, 0.15) is 42.4 Å². The molecule has 26 heavy (non-hydrogen) atoms. The van der Waals surface area contributed by atoms with E-state index in [4.69, 9.17) is 9.47 Å². The lowest BCUT2D eigenvalue weighted by Gasteiger charge is -2.23. The van der Waals surface area contributed by atoms with Gasteiger partial charge >= 0.3 is 6.09 Å². The third-order valence-electron chi connectivity index (χ3n) is 4.12. The van der Waals surface area contributed by atoms with Crippen molar-refractivity contribution in [1.29, 1.82) is 0 Å². The summed E-state index contributed by atoms with van der Waals surface area (Å²) in [5.74, 6) is 0.397. The summed E-state index contributed by atoms with van der Waals surface area (Å²) in [4.78, 5) is 30.8. The molecule has 2 heterocycles. The van der Waals surface area contributed by atoms with Crippen molar-refractivity contribution >= 4 is 12.0 Å². The van der Waals surface area contributed by atoms with Crippen LogP contribution in [-0.4, -0.2) is 34.6 Å². The molecule has 0 aliphatic carbocycles. The summed E-state index contributed by atoms with van der Waals surface area (Å²) >= 11 is 0. The Morgan fingerprint density at radius 1 is 1.19 bits per heavy atom. The highest BCUT2D eigenvalue weighted by molar-refractivity contribution is 6.07. The third-order valence-corrected chi connectivity index (χ3v) is 4.12. The average Bonchev–Trinajstić information content (AvgIpc) is 2.91. The fourth-order valence-electron chi connectivity index (χ4n) is 2.84. The van der Waals surface area contributed by atoms with Gasteiger partial charge in [-0.25, -0.2) is 9.69 Å². The number of benzene rings is 1. The van der Waals surface area contributed by atoms with Gasteiger partial charge in [-0.05, 0) is 58.0 Å². The smallest absolute Gasteiger partial charge is 0.417 e. The highest BCUT2D eigenvalue weighted by Crippen LogP contribution is 2.30. The van der Waals surface area contributed by atoms with Gasteiger partial charge in [-0.3, -0.25) is 9.78 Å². The lowest BCUT2D eigenvalue weighted by molar-refractivity contribution is 0.0248. The van der Waals surface area contributed by atoms with Crippen molar-refractivity contribution in [2.24, 2.45) is 0 Å². The molecule has 1 aliphatic heterocycles. The van der Waals surface area contributed by atoms with Gasteiger partial charge in [0, 0.05) is 22.4 Å². The van der Waals surface area contributed by atoms with Crippen LogP contribution in [0.4, 0.5) is 4.79 Å². The Bertz CT molecular complexity index is 867. The molecule has 2 aromatic rings.